The molecule has 1 atom stereocenters. The fourth-order valence-electron chi connectivity index (χ4n) is 6.56. The Bertz CT molecular complexity index is 2290. The topological polar surface area (TPSA) is 119 Å². The van der Waals surface area contributed by atoms with Crippen LogP contribution in [0.2, 0.25) is 0 Å². The summed E-state index contributed by atoms with van der Waals surface area (Å²) in [5.41, 5.74) is 2.50. The van der Waals surface area contributed by atoms with Crippen LogP contribution in [0.4, 0.5) is 0 Å². The maximum absolute atomic E-state index is 13.6. The van der Waals surface area contributed by atoms with Crippen LogP contribution in [0.5, 0.6) is 0 Å². The molecule has 4 aromatic carbocycles. The second-order valence-corrected chi connectivity index (χ2v) is 11.6. The van der Waals surface area contributed by atoms with Gasteiger partial charge in [0.1, 0.15) is 6.04 Å². The van der Waals surface area contributed by atoms with Crippen molar-refractivity contribution in [2.45, 2.75) is 18.0 Å². The number of rotatable bonds is 9. The van der Waals surface area contributed by atoms with Crippen LogP contribution in [-0.2, 0) is 23.8 Å². The molecule has 0 aliphatic carbocycles. The number of aryl methyl sites for hydroxylation is 1. The largest absolute Gasteiger partial charge is 0.480 e. The number of aliphatic carboxylic acids is 1. The Morgan fingerprint density at radius 2 is 1.27 bits per heavy atom. The third-order valence-corrected chi connectivity index (χ3v) is 8.84. The van der Waals surface area contributed by atoms with E-state index in [0.717, 1.165) is 21.3 Å². The third-order valence-electron chi connectivity index (χ3n) is 8.84. The highest BCUT2D eigenvalue weighted by Gasteiger charge is 2.40. The summed E-state index contributed by atoms with van der Waals surface area (Å²) in [7, 11) is 1.59. The maximum Gasteiger partial charge on any atom is 0.336 e. The lowest BCUT2D eigenvalue weighted by atomic mass is 9.76. The Morgan fingerprint density at radius 3 is 1.83 bits per heavy atom. The number of pyridine rings is 2. The molecule has 9 heteroatoms. The first-order valence-corrected chi connectivity index (χ1v) is 15.5. The summed E-state index contributed by atoms with van der Waals surface area (Å²) in [6, 6.07) is 38.7. The average Bonchev–Trinajstić information content (AvgIpc) is 3.14. The Balaban J connectivity index is 1.38. The van der Waals surface area contributed by atoms with Crippen LogP contribution in [0, 0.1) is 0 Å². The number of fused-ring (bicyclic) bond motifs is 2. The van der Waals surface area contributed by atoms with Crippen molar-refractivity contribution >= 4 is 27.9 Å². The molecule has 236 valence electrons. The van der Waals surface area contributed by atoms with Gasteiger partial charge >= 0.3 is 11.7 Å². The van der Waals surface area contributed by atoms with Crippen LogP contribution < -0.4 is 16.6 Å². The van der Waals surface area contributed by atoms with Crippen molar-refractivity contribution in [1.29, 1.82) is 0 Å². The zero-order valence-corrected chi connectivity index (χ0v) is 26.0. The molecule has 2 N–H and O–H groups in total. The summed E-state index contributed by atoms with van der Waals surface area (Å²) < 4.78 is 2.46. The standard InChI is InChI=1S/C39H31N5O4/c1-43-32-20-12-24-41-35(32)36(45)44(38(43)48)33-22-21-26(30-19-11-23-40-34(30)33)25-31(37(46)47)42-39(27-13-5-2-6-14-27,28-15-7-3-8-16-28)29-17-9-4-10-18-29/h2-24,31,42H,25H2,1H3,(H,46,47)/t31-/m0/s1. The highest BCUT2D eigenvalue weighted by Crippen LogP contribution is 2.38. The Labute approximate surface area is 275 Å². The van der Waals surface area contributed by atoms with Crippen molar-refractivity contribution in [3.63, 3.8) is 0 Å². The number of aromatic nitrogens is 4. The molecule has 48 heavy (non-hydrogen) atoms. The molecule has 7 rings (SSSR count). The van der Waals surface area contributed by atoms with E-state index in [0.29, 0.717) is 27.7 Å². The minimum Gasteiger partial charge on any atom is -0.480 e. The average molecular weight is 634 g/mol. The molecule has 7 aromatic rings. The van der Waals surface area contributed by atoms with Crippen molar-refractivity contribution in [3.05, 3.63) is 183 Å². The van der Waals surface area contributed by atoms with Crippen LogP contribution in [-0.4, -0.2) is 36.2 Å². The molecule has 0 aliphatic rings. The molecule has 0 saturated heterocycles. The van der Waals surface area contributed by atoms with Gasteiger partial charge in [-0.05, 0) is 52.9 Å². The van der Waals surface area contributed by atoms with E-state index in [9.17, 15) is 19.5 Å². The second-order valence-electron chi connectivity index (χ2n) is 11.6. The van der Waals surface area contributed by atoms with Crippen LogP contribution in [0.3, 0.4) is 0 Å². The summed E-state index contributed by atoms with van der Waals surface area (Å²) in [6.07, 6.45) is 3.18. The van der Waals surface area contributed by atoms with Gasteiger partial charge in [0.15, 0.2) is 5.52 Å². The predicted octanol–water partition coefficient (Wildman–Crippen LogP) is 5.21. The first-order valence-electron chi connectivity index (χ1n) is 15.5. The molecule has 0 fully saturated rings. The van der Waals surface area contributed by atoms with E-state index in [1.165, 1.54) is 10.8 Å². The summed E-state index contributed by atoms with van der Waals surface area (Å²) in [5, 5.41) is 15.0. The van der Waals surface area contributed by atoms with E-state index in [4.69, 9.17) is 0 Å². The zero-order valence-electron chi connectivity index (χ0n) is 26.0. The lowest BCUT2D eigenvalue weighted by molar-refractivity contribution is -0.139. The minimum atomic E-state index is -1.07. The summed E-state index contributed by atoms with van der Waals surface area (Å²) in [4.78, 5) is 49.2. The summed E-state index contributed by atoms with van der Waals surface area (Å²) in [6.45, 7) is 0. The monoisotopic (exact) mass is 633 g/mol. The van der Waals surface area contributed by atoms with Crippen molar-refractivity contribution in [1.82, 2.24) is 24.4 Å². The van der Waals surface area contributed by atoms with Gasteiger partial charge < -0.3 is 5.11 Å². The van der Waals surface area contributed by atoms with Crippen LogP contribution in [0.15, 0.2) is 149 Å². The number of carboxylic acids is 1. The van der Waals surface area contributed by atoms with E-state index in [1.807, 2.05) is 97.1 Å². The minimum absolute atomic E-state index is 0.0816. The van der Waals surface area contributed by atoms with Gasteiger partial charge in [0.25, 0.3) is 5.56 Å². The lowest BCUT2D eigenvalue weighted by Gasteiger charge is -2.39. The third kappa shape index (κ3) is 5.16. The fourth-order valence-corrected chi connectivity index (χ4v) is 6.56. The number of hydrogen-bond acceptors (Lipinski definition) is 6. The van der Waals surface area contributed by atoms with Gasteiger partial charge in [-0.2, -0.15) is 0 Å². The number of hydrogen-bond donors (Lipinski definition) is 2. The van der Waals surface area contributed by atoms with Gasteiger partial charge in [-0.25, -0.2) is 14.3 Å². The van der Waals surface area contributed by atoms with E-state index >= 15 is 0 Å². The molecule has 0 amide bonds. The van der Waals surface area contributed by atoms with Gasteiger partial charge in [0, 0.05) is 24.8 Å². The highest BCUT2D eigenvalue weighted by atomic mass is 16.4. The number of carboxylic acid groups (broad SMARTS) is 1. The van der Waals surface area contributed by atoms with Crippen LogP contribution in [0.25, 0.3) is 27.6 Å². The Morgan fingerprint density at radius 1 is 0.729 bits per heavy atom. The molecule has 3 heterocycles. The molecular weight excluding hydrogens is 602 g/mol. The Hall–Kier alpha value is -6.19. The molecule has 0 radical (unpaired) electrons. The first-order chi connectivity index (χ1) is 23.4. The first kappa shape index (κ1) is 30.5. The molecule has 3 aromatic heterocycles. The zero-order chi connectivity index (χ0) is 33.3. The van der Waals surface area contributed by atoms with Crippen molar-refractivity contribution in [3.8, 4) is 5.69 Å². The predicted molar refractivity (Wildman–Crippen MR) is 185 cm³/mol. The van der Waals surface area contributed by atoms with Gasteiger partial charge in [0.05, 0.1) is 22.3 Å². The summed E-state index contributed by atoms with van der Waals surface area (Å²) in [5.74, 6) is -1.03. The SMILES string of the molecule is Cn1c(=O)n(-c2ccc(C[C@H](NC(c3ccccc3)(c3ccccc3)c3ccccc3)C(=O)O)c3cccnc23)c(=O)c2ncccc21. The van der Waals surface area contributed by atoms with E-state index in [2.05, 4.69) is 15.3 Å². The van der Waals surface area contributed by atoms with Crippen molar-refractivity contribution in [2.75, 3.05) is 0 Å². The smallest absolute Gasteiger partial charge is 0.336 e. The number of carbonyl (C=O) groups is 1. The quantitative estimate of drug-likeness (QED) is 0.210. The van der Waals surface area contributed by atoms with Crippen molar-refractivity contribution < 1.29 is 9.90 Å². The van der Waals surface area contributed by atoms with Crippen molar-refractivity contribution in [2.24, 2.45) is 7.05 Å². The molecule has 0 saturated carbocycles. The highest BCUT2D eigenvalue weighted by molar-refractivity contribution is 5.90. The van der Waals surface area contributed by atoms with E-state index in [-0.39, 0.29) is 11.9 Å². The fraction of sp³-hybridized carbons (Fsp3) is 0.103. The van der Waals surface area contributed by atoms with Crippen LogP contribution in [0.1, 0.15) is 22.3 Å². The number of nitrogens with one attached hydrogen (secondary N) is 1. The van der Waals surface area contributed by atoms with E-state index < -0.39 is 28.8 Å². The summed E-state index contributed by atoms with van der Waals surface area (Å²) >= 11 is 0. The van der Waals surface area contributed by atoms with Gasteiger partial charge in [0.2, 0.25) is 0 Å². The molecule has 0 aliphatic heterocycles. The number of benzene rings is 4. The van der Waals surface area contributed by atoms with Gasteiger partial charge in [-0.1, -0.05) is 103 Å². The Kier molecular flexibility index (Phi) is 7.96. The lowest BCUT2D eigenvalue weighted by Crippen LogP contribution is -2.53. The second kappa shape index (κ2) is 12.5. The van der Waals surface area contributed by atoms with Gasteiger partial charge in [-0.15, -0.1) is 0 Å². The maximum atomic E-state index is 13.6. The van der Waals surface area contributed by atoms with Gasteiger partial charge in [-0.3, -0.25) is 24.5 Å². The molecule has 9 nitrogen and oxygen atoms in total. The molecule has 0 unspecified atom stereocenters. The molecule has 0 spiro atoms. The number of nitrogens with zero attached hydrogens (tertiary/aromatic N) is 4. The molecular formula is C39H31N5O4. The molecule has 0 bridgehead atoms. The van der Waals surface area contributed by atoms with E-state index in [1.54, 1.807) is 43.6 Å². The normalized spacial score (nSPS) is 12.3. The van der Waals surface area contributed by atoms with Crippen LogP contribution >= 0.6 is 0 Å².